The molecule has 31 heavy (non-hydrogen) atoms. The number of anilines is 1. The van der Waals surface area contributed by atoms with Gasteiger partial charge in [0.25, 0.3) is 5.91 Å². The van der Waals surface area contributed by atoms with Crippen LogP contribution < -0.4 is 10.1 Å². The summed E-state index contributed by atoms with van der Waals surface area (Å²) in [6.07, 6.45) is 0.0628. The van der Waals surface area contributed by atoms with Crippen LogP contribution in [-0.2, 0) is 19.1 Å². The third-order valence-electron chi connectivity index (χ3n) is 4.49. The molecule has 10 heteroatoms. The summed E-state index contributed by atoms with van der Waals surface area (Å²) in [6, 6.07) is 11.3. The van der Waals surface area contributed by atoms with Crippen molar-refractivity contribution < 1.29 is 28.7 Å². The van der Waals surface area contributed by atoms with E-state index in [1.807, 2.05) is 0 Å². The van der Waals surface area contributed by atoms with Crippen LogP contribution in [0.15, 0.2) is 47.4 Å². The molecular formula is C21H19ClN2O6S. The lowest BCUT2D eigenvalue weighted by molar-refractivity contribution is -0.136. The van der Waals surface area contributed by atoms with Crippen LogP contribution in [-0.4, -0.2) is 54.6 Å². The highest BCUT2D eigenvalue weighted by Crippen LogP contribution is 2.33. The number of benzene rings is 2. The molecule has 1 saturated heterocycles. The maximum atomic E-state index is 12.6. The molecule has 2 aromatic rings. The van der Waals surface area contributed by atoms with Crippen LogP contribution in [0, 0.1) is 0 Å². The summed E-state index contributed by atoms with van der Waals surface area (Å²) >= 11 is 7.06. The Morgan fingerprint density at radius 1 is 1.23 bits per heavy atom. The van der Waals surface area contributed by atoms with E-state index >= 15 is 0 Å². The molecule has 1 heterocycles. The second-order valence-corrected chi connectivity index (χ2v) is 8.25. The Kier molecular flexibility index (Phi) is 7.19. The zero-order chi connectivity index (χ0) is 22.5. The number of likely N-dealkylation sites (tertiary alicyclic amines) is 1. The predicted molar refractivity (Wildman–Crippen MR) is 115 cm³/mol. The Bertz CT molecular complexity index is 1040. The zero-order valence-electron chi connectivity index (χ0n) is 16.7. The number of nitrogens with zero attached hydrogens (tertiary/aromatic N) is 1. The third kappa shape index (κ3) is 5.36. The quantitative estimate of drug-likeness (QED) is 0.498. The number of imide groups is 1. The molecule has 3 rings (SSSR count). The number of thioether (sulfide) groups is 1. The van der Waals surface area contributed by atoms with Crippen molar-refractivity contribution in [2.75, 3.05) is 26.1 Å². The van der Waals surface area contributed by atoms with Crippen molar-refractivity contribution >= 4 is 52.7 Å². The number of esters is 1. The highest BCUT2D eigenvalue weighted by Gasteiger charge is 2.37. The third-order valence-corrected chi connectivity index (χ3v) is 5.98. The van der Waals surface area contributed by atoms with Crippen molar-refractivity contribution in [1.82, 2.24) is 4.90 Å². The fraction of sp³-hybridized carbons (Fsp3) is 0.238. The highest BCUT2D eigenvalue weighted by atomic mass is 35.5. The fourth-order valence-corrected chi connectivity index (χ4v) is 4.28. The Balaban J connectivity index is 1.64. The van der Waals surface area contributed by atoms with Gasteiger partial charge < -0.3 is 14.8 Å². The number of hydrogen-bond donors (Lipinski definition) is 1. The van der Waals surface area contributed by atoms with Crippen molar-refractivity contribution in [2.24, 2.45) is 0 Å². The molecule has 0 aliphatic carbocycles. The lowest BCUT2D eigenvalue weighted by Crippen LogP contribution is -2.26. The Hall–Kier alpha value is -3.04. The van der Waals surface area contributed by atoms with Gasteiger partial charge in [0.1, 0.15) is 5.75 Å². The van der Waals surface area contributed by atoms with Gasteiger partial charge in [-0.25, -0.2) is 4.79 Å². The number of hydrogen-bond acceptors (Lipinski definition) is 7. The first-order chi connectivity index (χ1) is 14.8. The number of carbonyl (C=O) groups is 4. The summed E-state index contributed by atoms with van der Waals surface area (Å²) < 4.78 is 10.3. The van der Waals surface area contributed by atoms with E-state index in [2.05, 4.69) is 5.32 Å². The topological polar surface area (TPSA) is 102 Å². The van der Waals surface area contributed by atoms with Gasteiger partial charge in [-0.15, -0.1) is 11.8 Å². The van der Waals surface area contributed by atoms with Crippen LogP contribution in [0.25, 0.3) is 0 Å². The molecule has 1 unspecified atom stereocenters. The van der Waals surface area contributed by atoms with Crippen LogP contribution in [0.3, 0.4) is 0 Å². The van der Waals surface area contributed by atoms with Crippen molar-refractivity contribution in [3.8, 4) is 5.75 Å². The summed E-state index contributed by atoms with van der Waals surface area (Å²) in [4.78, 5) is 50.3. The van der Waals surface area contributed by atoms with Gasteiger partial charge >= 0.3 is 5.97 Å². The van der Waals surface area contributed by atoms with E-state index in [-0.39, 0.29) is 23.8 Å². The number of methoxy groups -OCH3 is 1. The average molecular weight is 463 g/mol. The standard InChI is InChI=1S/C21H19ClN2O6S/c1-24-19(26)10-17(20(24)27)31-16-6-4-3-5-13(16)21(28)30-11-18(25)23-14-9-12(22)7-8-15(14)29-2/h3-9,17H,10-11H2,1-2H3,(H,23,25). The fourth-order valence-electron chi connectivity index (χ4n) is 2.88. The van der Waals surface area contributed by atoms with Gasteiger partial charge in [0.2, 0.25) is 11.8 Å². The minimum absolute atomic E-state index is 0.0628. The average Bonchev–Trinajstić information content (AvgIpc) is 2.99. The van der Waals surface area contributed by atoms with E-state index in [0.717, 1.165) is 16.7 Å². The van der Waals surface area contributed by atoms with Crippen LogP contribution >= 0.6 is 23.4 Å². The molecule has 1 atom stereocenters. The number of nitrogens with one attached hydrogen (secondary N) is 1. The molecular weight excluding hydrogens is 444 g/mol. The molecule has 0 radical (unpaired) electrons. The van der Waals surface area contributed by atoms with Crippen molar-refractivity contribution in [2.45, 2.75) is 16.6 Å². The minimum atomic E-state index is -0.721. The van der Waals surface area contributed by atoms with E-state index in [4.69, 9.17) is 21.1 Å². The summed E-state index contributed by atoms with van der Waals surface area (Å²) in [7, 11) is 2.88. The molecule has 0 bridgehead atoms. The summed E-state index contributed by atoms with van der Waals surface area (Å²) in [5.74, 6) is -1.46. The van der Waals surface area contributed by atoms with Crippen molar-refractivity contribution in [3.05, 3.63) is 53.1 Å². The Labute approximate surface area is 187 Å². The van der Waals surface area contributed by atoms with E-state index < -0.39 is 23.7 Å². The highest BCUT2D eigenvalue weighted by molar-refractivity contribution is 8.00. The smallest absolute Gasteiger partial charge is 0.339 e. The van der Waals surface area contributed by atoms with Gasteiger partial charge in [0.15, 0.2) is 6.61 Å². The van der Waals surface area contributed by atoms with Gasteiger partial charge in [-0.05, 0) is 30.3 Å². The number of amides is 3. The summed E-state index contributed by atoms with van der Waals surface area (Å²) in [5.41, 5.74) is 0.552. The summed E-state index contributed by atoms with van der Waals surface area (Å²) in [6.45, 7) is -0.531. The van der Waals surface area contributed by atoms with E-state index in [1.165, 1.54) is 26.3 Å². The van der Waals surface area contributed by atoms with E-state index in [1.54, 1.807) is 30.3 Å². The first-order valence-corrected chi connectivity index (χ1v) is 10.4. The zero-order valence-corrected chi connectivity index (χ0v) is 18.3. The van der Waals surface area contributed by atoms with E-state index in [0.29, 0.717) is 21.4 Å². The largest absolute Gasteiger partial charge is 0.495 e. The normalized spacial score (nSPS) is 15.7. The second-order valence-electron chi connectivity index (χ2n) is 6.57. The first kappa shape index (κ1) is 22.6. The van der Waals surface area contributed by atoms with Gasteiger partial charge in [-0.3, -0.25) is 19.3 Å². The molecule has 1 aliphatic heterocycles. The van der Waals surface area contributed by atoms with Crippen molar-refractivity contribution in [1.29, 1.82) is 0 Å². The summed E-state index contributed by atoms with van der Waals surface area (Å²) in [5, 5.41) is 2.38. The van der Waals surface area contributed by atoms with Crippen molar-refractivity contribution in [3.63, 3.8) is 0 Å². The molecule has 1 fully saturated rings. The maximum absolute atomic E-state index is 12.6. The number of carbonyl (C=O) groups excluding carboxylic acids is 4. The van der Waals surface area contributed by atoms with Gasteiger partial charge in [-0.2, -0.15) is 0 Å². The van der Waals surface area contributed by atoms with Crippen LogP contribution in [0.2, 0.25) is 5.02 Å². The second kappa shape index (κ2) is 9.84. The van der Waals surface area contributed by atoms with Gasteiger partial charge in [-0.1, -0.05) is 23.7 Å². The molecule has 8 nitrogen and oxygen atoms in total. The first-order valence-electron chi connectivity index (χ1n) is 9.16. The molecule has 3 amide bonds. The van der Waals surface area contributed by atoms with Crippen LogP contribution in [0.5, 0.6) is 5.75 Å². The van der Waals surface area contributed by atoms with Crippen LogP contribution in [0.4, 0.5) is 5.69 Å². The number of halogens is 1. The number of ether oxygens (including phenoxy) is 2. The Morgan fingerprint density at radius 2 is 1.97 bits per heavy atom. The van der Waals surface area contributed by atoms with Crippen LogP contribution in [0.1, 0.15) is 16.8 Å². The molecule has 0 saturated carbocycles. The molecule has 1 N–H and O–H groups in total. The Morgan fingerprint density at radius 3 is 2.65 bits per heavy atom. The molecule has 2 aromatic carbocycles. The SMILES string of the molecule is COc1ccc(Cl)cc1NC(=O)COC(=O)c1ccccc1SC1CC(=O)N(C)C1=O. The molecule has 0 aromatic heterocycles. The lowest BCUT2D eigenvalue weighted by Gasteiger charge is -2.13. The van der Waals surface area contributed by atoms with E-state index in [9.17, 15) is 19.2 Å². The number of rotatable bonds is 7. The molecule has 162 valence electrons. The molecule has 1 aliphatic rings. The minimum Gasteiger partial charge on any atom is -0.495 e. The predicted octanol–water partition coefficient (Wildman–Crippen LogP) is 2.99. The molecule has 0 spiro atoms. The van der Waals surface area contributed by atoms with Gasteiger partial charge in [0, 0.05) is 23.4 Å². The maximum Gasteiger partial charge on any atom is 0.339 e. The lowest BCUT2D eigenvalue weighted by atomic mass is 10.2. The monoisotopic (exact) mass is 462 g/mol. The van der Waals surface area contributed by atoms with Gasteiger partial charge in [0.05, 0.1) is 23.6 Å².